The molecule has 0 radical (unpaired) electrons. The number of nitrogens with zero attached hydrogens (tertiary/aromatic N) is 1. The second-order valence-electron chi connectivity index (χ2n) is 14.4. The minimum Gasteiger partial charge on any atom is -0.498 e. The predicted molar refractivity (Wildman–Crippen MR) is 205 cm³/mol. The summed E-state index contributed by atoms with van der Waals surface area (Å²) in [4.78, 5) is 22.7. The van der Waals surface area contributed by atoms with Crippen molar-refractivity contribution in [3.63, 3.8) is 0 Å². The maximum absolute atomic E-state index is 12.6. The third-order valence-corrected chi connectivity index (χ3v) is 9.22. The first-order valence-corrected chi connectivity index (χ1v) is 21.3. The first kappa shape index (κ1) is 47.6. The molecule has 2 unspecified atom stereocenters. The number of phosphoric acid groups is 1. The Hall–Kier alpha value is -1.44. The van der Waals surface area contributed by atoms with Gasteiger partial charge in [0.15, 0.2) is 6.10 Å². The topological polar surface area (TPSA) is 91.3 Å². The van der Waals surface area contributed by atoms with E-state index in [4.69, 9.17) is 18.5 Å². The second-order valence-corrected chi connectivity index (χ2v) is 15.8. The predicted octanol–water partition coefficient (Wildman–Crippen LogP) is 11.4. The average Bonchev–Trinajstić information content (AvgIpc) is 3.04. The van der Waals surface area contributed by atoms with Gasteiger partial charge >= 0.3 is 13.8 Å². The van der Waals surface area contributed by atoms with E-state index < -0.39 is 13.9 Å². The molecule has 0 rings (SSSR count). The van der Waals surface area contributed by atoms with Crippen LogP contribution in [-0.2, 0) is 27.9 Å². The van der Waals surface area contributed by atoms with Gasteiger partial charge in [-0.2, -0.15) is 0 Å². The van der Waals surface area contributed by atoms with Gasteiger partial charge in [-0.15, -0.1) is 0 Å². The molecule has 8 nitrogen and oxygen atoms in total. The molecule has 288 valence electrons. The Morgan fingerprint density at radius 1 is 0.633 bits per heavy atom. The van der Waals surface area contributed by atoms with Crippen LogP contribution in [-0.4, -0.2) is 69.0 Å². The third kappa shape index (κ3) is 37.6. The lowest BCUT2D eigenvalue weighted by Gasteiger charge is -2.24. The molecule has 0 fully saturated rings. The number of rotatable bonds is 36. The zero-order valence-corrected chi connectivity index (χ0v) is 33.3. The lowest BCUT2D eigenvalue weighted by atomic mass is 10.1. The Labute approximate surface area is 302 Å². The highest BCUT2D eigenvalue weighted by atomic mass is 31.2. The van der Waals surface area contributed by atoms with Gasteiger partial charge in [-0.3, -0.25) is 13.8 Å². The molecule has 0 aromatic carbocycles. The van der Waals surface area contributed by atoms with Crippen LogP contribution in [0.5, 0.6) is 0 Å². The van der Waals surface area contributed by atoms with E-state index in [1.807, 2.05) is 27.2 Å². The lowest BCUT2D eigenvalue weighted by Crippen LogP contribution is -2.37. The number of phosphoric ester groups is 1. The van der Waals surface area contributed by atoms with E-state index in [-0.39, 0.29) is 25.8 Å². The van der Waals surface area contributed by atoms with E-state index in [1.165, 1.54) is 89.9 Å². The number of unbranched alkanes of at least 4 members (excludes halogenated alkanes) is 18. The summed E-state index contributed by atoms with van der Waals surface area (Å²) in [6.07, 6.45) is 38.4. The number of hydrogen-bond donors (Lipinski definition) is 1. The number of allylic oxidation sites excluding steroid dienone is 5. The van der Waals surface area contributed by atoms with Gasteiger partial charge < -0.3 is 18.9 Å². The lowest BCUT2D eigenvalue weighted by molar-refractivity contribution is -0.870. The van der Waals surface area contributed by atoms with E-state index in [9.17, 15) is 14.3 Å². The maximum Gasteiger partial charge on any atom is 0.472 e. The fraction of sp³-hybridized carbons (Fsp3) is 0.825. The number of carbonyl (C=O) groups excluding carboxylic acids is 1. The van der Waals surface area contributed by atoms with Crippen LogP contribution in [0, 0.1) is 0 Å². The van der Waals surface area contributed by atoms with Crippen molar-refractivity contribution in [1.82, 2.24) is 0 Å². The Kier molecular flexibility index (Phi) is 32.7. The van der Waals surface area contributed by atoms with Crippen molar-refractivity contribution < 1.29 is 37.3 Å². The molecule has 9 heteroatoms. The van der Waals surface area contributed by atoms with Crippen molar-refractivity contribution in [1.29, 1.82) is 0 Å². The molecule has 49 heavy (non-hydrogen) atoms. The van der Waals surface area contributed by atoms with Crippen LogP contribution in [0.25, 0.3) is 0 Å². The molecule has 0 saturated heterocycles. The van der Waals surface area contributed by atoms with Crippen LogP contribution in [0.1, 0.15) is 162 Å². The van der Waals surface area contributed by atoms with Gasteiger partial charge in [-0.1, -0.05) is 115 Å². The molecule has 0 aromatic rings. The van der Waals surface area contributed by atoms with Crippen LogP contribution in [0.3, 0.4) is 0 Å². The van der Waals surface area contributed by atoms with Crippen LogP contribution >= 0.6 is 7.82 Å². The molecule has 0 amide bonds. The van der Waals surface area contributed by atoms with E-state index >= 15 is 0 Å². The van der Waals surface area contributed by atoms with Gasteiger partial charge in [0.25, 0.3) is 0 Å². The number of hydrogen-bond acceptors (Lipinski definition) is 6. The second kappa shape index (κ2) is 33.7. The standard InChI is InChI=1S/C40H76NO7P/c1-6-8-10-12-14-16-18-19-20-21-22-24-26-28-30-32-35-45-37-39(38-47-49(43,44)46-36-34-41(3,4)5)48-40(42)33-31-29-27-25-23-17-15-13-11-9-7-2/h13,15,19-20,32,35,39H,6-12,14,16-18,21-31,33-34,36-38H2,1-5H3/p+1/b15-13-,20-19-,35-32-. The molecule has 0 aromatic heterocycles. The summed E-state index contributed by atoms with van der Waals surface area (Å²) in [6, 6.07) is 0. The minimum atomic E-state index is -4.29. The maximum atomic E-state index is 12.6. The number of quaternary nitrogens is 1. The average molecular weight is 715 g/mol. The number of ether oxygens (including phenoxy) is 2. The van der Waals surface area contributed by atoms with Crippen LogP contribution in [0.15, 0.2) is 36.6 Å². The molecule has 0 heterocycles. The van der Waals surface area contributed by atoms with Gasteiger partial charge in [0.1, 0.15) is 19.8 Å². The van der Waals surface area contributed by atoms with Crippen molar-refractivity contribution in [2.75, 3.05) is 47.5 Å². The van der Waals surface area contributed by atoms with Crippen molar-refractivity contribution in [3.05, 3.63) is 36.6 Å². The summed E-state index contributed by atoms with van der Waals surface area (Å²) in [5.41, 5.74) is 0. The monoisotopic (exact) mass is 715 g/mol. The van der Waals surface area contributed by atoms with Crippen molar-refractivity contribution >= 4 is 13.8 Å². The van der Waals surface area contributed by atoms with E-state index in [2.05, 4.69) is 38.2 Å². The fourth-order valence-corrected chi connectivity index (χ4v) is 5.82. The Balaban J connectivity index is 4.36. The molecule has 0 bridgehead atoms. The summed E-state index contributed by atoms with van der Waals surface area (Å²) in [5, 5.41) is 0. The Morgan fingerprint density at radius 2 is 1.10 bits per heavy atom. The van der Waals surface area contributed by atoms with Crippen LogP contribution < -0.4 is 0 Å². The van der Waals surface area contributed by atoms with Gasteiger partial charge in [-0.05, 0) is 70.3 Å². The van der Waals surface area contributed by atoms with Crippen molar-refractivity contribution in [3.8, 4) is 0 Å². The first-order valence-electron chi connectivity index (χ1n) is 19.8. The van der Waals surface area contributed by atoms with Gasteiger partial charge in [-0.25, -0.2) is 4.57 Å². The first-order chi connectivity index (χ1) is 23.6. The Bertz CT molecular complexity index is 884. The molecule has 1 N–H and O–H groups in total. The number of likely N-dealkylation sites (N-methyl/N-ethyl adjacent to an activating group) is 1. The summed E-state index contributed by atoms with van der Waals surface area (Å²) in [7, 11) is 1.62. The minimum absolute atomic E-state index is 0.0397. The van der Waals surface area contributed by atoms with Gasteiger partial charge in [0.05, 0.1) is 34.0 Å². The largest absolute Gasteiger partial charge is 0.498 e. The van der Waals surface area contributed by atoms with Crippen LogP contribution in [0.2, 0.25) is 0 Å². The highest BCUT2D eigenvalue weighted by molar-refractivity contribution is 7.47. The van der Waals surface area contributed by atoms with E-state index in [0.29, 0.717) is 17.4 Å². The summed E-state index contributed by atoms with van der Waals surface area (Å²) >= 11 is 0. The quantitative estimate of drug-likeness (QED) is 0.0172. The molecule has 0 aliphatic rings. The highest BCUT2D eigenvalue weighted by Crippen LogP contribution is 2.43. The van der Waals surface area contributed by atoms with Gasteiger partial charge in [0, 0.05) is 6.42 Å². The highest BCUT2D eigenvalue weighted by Gasteiger charge is 2.26. The molecule has 0 aliphatic heterocycles. The molecule has 0 saturated carbocycles. The summed E-state index contributed by atoms with van der Waals surface area (Å²) < 4.78 is 34.6. The molecule has 0 spiro atoms. The Morgan fingerprint density at radius 3 is 1.63 bits per heavy atom. The van der Waals surface area contributed by atoms with Crippen LogP contribution in [0.4, 0.5) is 0 Å². The normalized spacial score (nSPS) is 14.2. The molecular formula is C40H77NO7P+. The zero-order chi connectivity index (χ0) is 36.3. The fourth-order valence-electron chi connectivity index (χ4n) is 5.08. The molecule has 0 aliphatic carbocycles. The van der Waals surface area contributed by atoms with E-state index in [1.54, 1.807) is 6.26 Å². The number of carbonyl (C=O) groups is 1. The van der Waals surface area contributed by atoms with Gasteiger partial charge in [0.2, 0.25) is 0 Å². The molecular weight excluding hydrogens is 637 g/mol. The van der Waals surface area contributed by atoms with Crippen molar-refractivity contribution in [2.24, 2.45) is 0 Å². The summed E-state index contributed by atoms with van der Waals surface area (Å²) in [5.74, 6) is -0.351. The smallest absolute Gasteiger partial charge is 0.472 e. The summed E-state index contributed by atoms with van der Waals surface area (Å²) in [6.45, 7) is 4.85. The molecule has 2 atom stereocenters. The van der Waals surface area contributed by atoms with Crippen molar-refractivity contribution in [2.45, 2.75) is 168 Å². The zero-order valence-electron chi connectivity index (χ0n) is 32.4. The SMILES string of the molecule is CCCC/C=C\CCCCCCCC(=O)OC(CO/C=C\CCCCCC/C=C\CCCCCCCC)COP(=O)(O)OCC[N+](C)(C)C. The third-order valence-electron chi connectivity index (χ3n) is 8.24. The number of esters is 1. The van der Waals surface area contributed by atoms with E-state index in [0.717, 1.165) is 51.4 Å².